The molecule has 338 valence electrons. The Morgan fingerprint density at radius 1 is 0.474 bits per heavy atom. The van der Waals surface area contributed by atoms with E-state index in [0.29, 0.717) is 6.42 Å². The largest absolute Gasteiger partial charge is 0.462 e. The first kappa shape index (κ1) is 53.7. The fraction of sp³-hybridized carbons (Fsp3) is 0.957. The van der Waals surface area contributed by atoms with Gasteiger partial charge in [0.15, 0.2) is 12.4 Å². The summed E-state index contributed by atoms with van der Waals surface area (Å²) in [4.78, 5) is 25.3. The molecule has 1 saturated heterocycles. The van der Waals surface area contributed by atoms with Crippen LogP contribution in [0.3, 0.4) is 0 Å². The molecule has 57 heavy (non-hydrogen) atoms. The SMILES string of the molecule is CCCCCCCCCCCCCCCCCCCCCCCCC(=O)OC[C@@H](CO[C@H]1O[C@@H](CO)[C@@H](O)C(O)C1O)OC(=O)CCCCCCCCCCCC. The molecule has 1 rings (SSSR count). The molecular formula is C47H90O10. The van der Waals surface area contributed by atoms with Gasteiger partial charge in [-0.1, -0.05) is 206 Å². The first-order chi connectivity index (χ1) is 27.8. The predicted octanol–water partition coefficient (Wildman–Crippen LogP) is 10.6. The summed E-state index contributed by atoms with van der Waals surface area (Å²) in [6.45, 7) is 3.44. The molecule has 0 amide bonds. The average Bonchev–Trinajstić information content (AvgIpc) is 3.21. The van der Waals surface area contributed by atoms with Gasteiger partial charge in [0.2, 0.25) is 0 Å². The summed E-state index contributed by atoms with van der Waals surface area (Å²) < 4.78 is 22.2. The van der Waals surface area contributed by atoms with Gasteiger partial charge in [-0.05, 0) is 12.8 Å². The molecule has 0 radical (unpaired) electrons. The number of aliphatic hydroxyl groups is 4. The summed E-state index contributed by atoms with van der Waals surface area (Å²) in [5.41, 5.74) is 0. The molecule has 4 N–H and O–H groups in total. The van der Waals surface area contributed by atoms with E-state index < -0.39 is 49.4 Å². The lowest BCUT2D eigenvalue weighted by atomic mass is 9.99. The van der Waals surface area contributed by atoms with Gasteiger partial charge in [-0.2, -0.15) is 0 Å². The zero-order valence-electron chi connectivity index (χ0n) is 36.9. The number of rotatable bonds is 41. The molecule has 10 heteroatoms. The Bertz CT molecular complexity index is 901. The van der Waals surface area contributed by atoms with Crippen molar-refractivity contribution in [3.63, 3.8) is 0 Å². The van der Waals surface area contributed by atoms with E-state index in [1.807, 2.05) is 0 Å². The zero-order chi connectivity index (χ0) is 41.6. The number of hydrogen-bond donors (Lipinski definition) is 4. The van der Waals surface area contributed by atoms with E-state index in [9.17, 15) is 30.0 Å². The molecule has 0 spiro atoms. The summed E-state index contributed by atoms with van der Waals surface area (Å²) >= 11 is 0. The number of unbranched alkanes of at least 4 members (excludes halogenated alkanes) is 30. The standard InChI is InChI=1S/C47H90O10/c1-3-5-7-9-11-13-15-16-17-18-19-20-21-22-23-24-25-26-28-29-31-33-35-42(49)54-38-40(39-55-47-46(53)45(52)44(51)41(37-48)57-47)56-43(50)36-34-32-30-27-14-12-10-8-6-4-2/h40-41,44-48,51-53H,3-39H2,1-2H3/t40-,41-,44+,45?,46?,47-/m0/s1. The van der Waals surface area contributed by atoms with Crippen LogP contribution in [0.5, 0.6) is 0 Å². The van der Waals surface area contributed by atoms with Crippen LogP contribution in [0.15, 0.2) is 0 Å². The fourth-order valence-corrected chi connectivity index (χ4v) is 7.66. The van der Waals surface area contributed by atoms with E-state index in [4.69, 9.17) is 18.9 Å². The Balaban J connectivity index is 2.20. The second kappa shape index (κ2) is 38.9. The van der Waals surface area contributed by atoms with E-state index in [2.05, 4.69) is 13.8 Å². The molecule has 0 saturated carbocycles. The minimum absolute atomic E-state index is 0.209. The van der Waals surface area contributed by atoms with Crippen molar-refractivity contribution in [3.05, 3.63) is 0 Å². The third-order valence-corrected chi connectivity index (χ3v) is 11.5. The summed E-state index contributed by atoms with van der Waals surface area (Å²) in [6.07, 6.45) is 32.7. The van der Waals surface area contributed by atoms with Crippen LogP contribution in [0.25, 0.3) is 0 Å². The lowest BCUT2D eigenvalue weighted by molar-refractivity contribution is -0.305. The van der Waals surface area contributed by atoms with Gasteiger partial charge in [0.1, 0.15) is 31.0 Å². The molecule has 0 aromatic rings. The smallest absolute Gasteiger partial charge is 0.306 e. The Labute approximate surface area is 348 Å². The lowest BCUT2D eigenvalue weighted by Gasteiger charge is -2.39. The third kappa shape index (κ3) is 30.4. The monoisotopic (exact) mass is 815 g/mol. The average molecular weight is 815 g/mol. The number of esters is 2. The molecule has 10 nitrogen and oxygen atoms in total. The summed E-state index contributed by atoms with van der Waals surface area (Å²) in [5, 5.41) is 40.0. The molecule has 1 aliphatic rings. The Morgan fingerprint density at radius 3 is 1.19 bits per heavy atom. The third-order valence-electron chi connectivity index (χ3n) is 11.5. The maximum Gasteiger partial charge on any atom is 0.306 e. The highest BCUT2D eigenvalue weighted by Gasteiger charge is 2.44. The molecule has 0 aliphatic carbocycles. The van der Waals surface area contributed by atoms with Crippen LogP contribution in [-0.2, 0) is 28.5 Å². The normalized spacial score (nSPS) is 20.1. The van der Waals surface area contributed by atoms with Gasteiger partial charge in [-0.25, -0.2) is 0 Å². The molecule has 1 heterocycles. The molecule has 2 unspecified atom stereocenters. The highest BCUT2D eigenvalue weighted by molar-refractivity contribution is 5.70. The maximum atomic E-state index is 12.7. The van der Waals surface area contributed by atoms with Crippen LogP contribution in [0.4, 0.5) is 0 Å². The van der Waals surface area contributed by atoms with Crippen molar-refractivity contribution in [1.82, 2.24) is 0 Å². The van der Waals surface area contributed by atoms with Crippen LogP contribution < -0.4 is 0 Å². The second-order valence-electron chi connectivity index (χ2n) is 16.9. The minimum Gasteiger partial charge on any atom is -0.462 e. The minimum atomic E-state index is -1.59. The molecule has 1 aliphatic heterocycles. The Hall–Kier alpha value is -1.30. The van der Waals surface area contributed by atoms with Gasteiger partial charge in [0.25, 0.3) is 0 Å². The maximum absolute atomic E-state index is 12.7. The van der Waals surface area contributed by atoms with Crippen molar-refractivity contribution in [2.75, 3.05) is 19.8 Å². The van der Waals surface area contributed by atoms with E-state index >= 15 is 0 Å². The fourth-order valence-electron chi connectivity index (χ4n) is 7.66. The number of carbonyl (C=O) groups excluding carboxylic acids is 2. The summed E-state index contributed by atoms with van der Waals surface area (Å²) in [6, 6.07) is 0. The van der Waals surface area contributed by atoms with Crippen molar-refractivity contribution < 1.29 is 49.0 Å². The van der Waals surface area contributed by atoms with Crippen molar-refractivity contribution in [2.45, 2.75) is 269 Å². The quantitative estimate of drug-likeness (QED) is 0.0347. The lowest BCUT2D eigenvalue weighted by Crippen LogP contribution is -2.59. The van der Waals surface area contributed by atoms with E-state index in [-0.39, 0.29) is 32.0 Å². The Kier molecular flexibility index (Phi) is 36.6. The van der Waals surface area contributed by atoms with Crippen LogP contribution >= 0.6 is 0 Å². The molecule has 0 aromatic carbocycles. The van der Waals surface area contributed by atoms with Gasteiger partial charge in [0, 0.05) is 12.8 Å². The van der Waals surface area contributed by atoms with Crippen LogP contribution in [0.1, 0.15) is 232 Å². The summed E-state index contributed by atoms with van der Waals surface area (Å²) in [7, 11) is 0. The summed E-state index contributed by atoms with van der Waals surface area (Å²) in [5.74, 6) is -0.792. The van der Waals surface area contributed by atoms with Crippen molar-refractivity contribution in [3.8, 4) is 0 Å². The second-order valence-corrected chi connectivity index (χ2v) is 16.9. The first-order valence-electron chi connectivity index (χ1n) is 24.1. The molecule has 1 fully saturated rings. The molecular weight excluding hydrogens is 725 g/mol. The number of ether oxygens (including phenoxy) is 4. The van der Waals surface area contributed by atoms with Gasteiger partial charge in [-0.3, -0.25) is 9.59 Å². The van der Waals surface area contributed by atoms with E-state index in [0.717, 1.165) is 38.5 Å². The van der Waals surface area contributed by atoms with Gasteiger partial charge in [-0.15, -0.1) is 0 Å². The topological polar surface area (TPSA) is 152 Å². The number of hydrogen-bond acceptors (Lipinski definition) is 10. The Morgan fingerprint density at radius 2 is 0.825 bits per heavy atom. The number of aliphatic hydroxyl groups excluding tert-OH is 4. The van der Waals surface area contributed by atoms with E-state index in [1.165, 1.54) is 161 Å². The van der Waals surface area contributed by atoms with Crippen molar-refractivity contribution in [1.29, 1.82) is 0 Å². The first-order valence-corrected chi connectivity index (χ1v) is 24.1. The zero-order valence-corrected chi connectivity index (χ0v) is 36.9. The van der Waals surface area contributed by atoms with Gasteiger partial charge >= 0.3 is 11.9 Å². The number of carbonyl (C=O) groups is 2. The highest BCUT2D eigenvalue weighted by atomic mass is 16.7. The predicted molar refractivity (Wildman–Crippen MR) is 229 cm³/mol. The molecule has 0 bridgehead atoms. The highest BCUT2D eigenvalue weighted by Crippen LogP contribution is 2.23. The van der Waals surface area contributed by atoms with Crippen LogP contribution in [0.2, 0.25) is 0 Å². The van der Waals surface area contributed by atoms with Gasteiger partial charge in [0.05, 0.1) is 13.2 Å². The van der Waals surface area contributed by atoms with Crippen LogP contribution in [0, 0.1) is 0 Å². The molecule has 0 aromatic heterocycles. The molecule has 6 atom stereocenters. The van der Waals surface area contributed by atoms with E-state index in [1.54, 1.807) is 0 Å². The van der Waals surface area contributed by atoms with Crippen LogP contribution in [-0.4, -0.2) is 89.0 Å². The van der Waals surface area contributed by atoms with Gasteiger partial charge < -0.3 is 39.4 Å². The van der Waals surface area contributed by atoms with Crippen molar-refractivity contribution in [2.24, 2.45) is 0 Å². The van der Waals surface area contributed by atoms with Crippen molar-refractivity contribution >= 4 is 11.9 Å².